The van der Waals surface area contributed by atoms with Crippen LogP contribution in [0.15, 0.2) is 71.5 Å². The molecule has 0 atom stereocenters. The largest absolute Gasteiger partial charge is 0.324 e. The molecule has 0 aliphatic carbocycles. The van der Waals surface area contributed by atoms with Crippen LogP contribution in [0.25, 0.3) is 16.9 Å². The standard InChI is InChI=1S/C23H20FN5O2/c1-15-12-16(2)29(26-15)21-10-8-18(13-19(21)24)25-22(30)14-28-23(31)11-9-20(27-28)17-6-4-3-5-7-17/h3-13H,14H2,1-2H3,(H,25,30). The predicted octanol–water partition coefficient (Wildman–Crippen LogP) is 3.49. The number of carbonyl (C=O) groups excluding carboxylic acids is 1. The number of benzene rings is 2. The van der Waals surface area contributed by atoms with E-state index in [0.29, 0.717) is 5.69 Å². The number of nitrogens with zero attached hydrogens (tertiary/aromatic N) is 4. The van der Waals surface area contributed by atoms with Gasteiger partial charge in [-0.3, -0.25) is 9.59 Å². The molecule has 0 aliphatic heterocycles. The van der Waals surface area contributed by atoms with Crippen LogP contribution < -0.4 is 10.9 Å². The van der Waals surface area contributed by atoms with Crippen LogP contribution in [0.2, 0.25) is 0 Å². The molecule has 31 heavy (non-hydrogen) atoms. The highest BCUT2D eigenvalue weighted by molar-refractivity contribution is 5.90. The number of anilines is 1. The molecule has 0 saturated carbocycles. The molecule has 0 fully saturated rings. The first-order valence-electron chi connectivity index (χ1n) is 9.67. The fraction of sp³-hybridized carbons (Fsp3) is 0.130. The van der Waals surface area contributed by atoms with E-state index in [9.17, 15) is 14.0 Å². The molecule has 2 aromatic heterocycles. The van der Waals surface area contributed by atoms with Gasteiger partial charge in [0, 0.05) is 23.0 Å². The number of amides is 1. The molecule has 0 spiro atoms. The van der Waals surface area contributed by atoms with E-state index >= 15 is 0 Å². The Balaban J connectivity index is 1.51. The third-order valence-electron chi connectivity index (χ3n) is 4.70. The Kier molecular flexibility index (Phi) is 5.44. The lowest BCUT2D eigenvalue weighted by Crippen LogP contribution is -2.29. The quantitative estimate of drug-likeness (QED) is 0.539. The van der Waals surface area contributed by atoms with Crippen molar-refractivity contribution >= 4 is 11.6 Å². The molecule has 0 saturated heterocycles. The number of hydrogen-bond donors (Lipinski definition) is 1. The van der Waals surface area contributed by atoms with Gasteiger partial charge in [0.1, 0.15) is 12.2 Å². The van der Waals surface area contributed by atoms with E-state index in [-0.39, 0.29) is 17.9 Å². The van der Waals surface area contributed by atoms with Crippen molar-refractivity contribution in [1.82, 2.24) is 19.6 Å². The van der Waals surface area contributed by atoms with Crippen molar-refractivity contribution in [3.63, 3.8) is 0 Å². The second-order valence-electron chi connectivity index (χ2n) is 7.13. The second-order valence-corrected chi connectivity index (χ2v) is 7.13. The summed E-state index contributed by atoms with van der Waals surface area (Å²) >= 11 is 0. The van der Waals surface area contributed by atoms with Gasteiger partial charge in [-0.25, -0.2) is 13.8 Å². The number of aromatic nitrogens is 4. The number of halogens is 1. The SMILES string of the molecule is Cc1cc(C)n(-c2ccc(NC(=O)Cn3nc(-c4ccccc4)ccc3=O)cc2F)n1. The van der Waals surface area contributed by atoms with Gasteiger partial charge in [-0.1, -0.05) is 30.3 Å². The van der Waals surface area contributed by atoms with Gasteiger partial charge >= 0.3 is 0 Å². The van der Waals surface area contributed by atoms with Crippen LogP contribution in [0.5, 0.6) is 0 Å². The summed E-state index contributed by atoms with van der Waals surface area (Å²) in [5, 5.41) is 11.1. The Morgan fingerprint density at radius 1 is 1.00 bits per heavy atom. The Hall–Kier alpha value is -4.07. The van der Waals surface area contributed by atoms with Crippen molar-refractivity contribution in [1.29, 1.82) is 0 Å². The number of hydrogen-bond acceptors (Lipinski definition) is 4. The van der Waals surface area contributed by atoms with E-state index in [1.807, 2.05) is 50.2 Å². The average molecular weight is 417 g/mol. The molecule has 156 valence electrons. The van der Waals surface area contributed by atoms with Gasteiger partial charge in [0.25, 0.3) is 5.56 Å². The topological polar surface area (TPSA) is 81.8 Å². The molecule has 2 aromatic carbocycles. The summed E-state index contributed by atoms with van der Waals surface area (Å²) in [6.07, 6.45) is 0. The first-order valence-corrected chi connectivity index (χ1v) is 9.67. The third kappa shape index (κ3) is 4.42. The van der Waals surface area contributed by atoms with Gasteiger partial charge in [-0.15, -0.1) is 0 Å². The number of rotatable bonds is 5. The zero-order valence-corrected chi connectivity index (χ0v) is 17.0. The number of nitrogens with one attached hydrogen (secondary N) is 1. The van der Waals surface area contributed by atoms with E-state index in [1.165, 1.54) is 16.8 Å². The Labute approximate surface area is 177 Å². The molecule has 0 radical (unpaired) electrons. The number of carbonyl (C=O) groups is 1. The summed E-state index contributed by atoms with van der Waals surface area (Å²) < 4.78 is 17.2. The molecule has 2 heterocycles. The van der Waals surface area contributed by atoms with E-state index in [0.717, 1.165) is 21.6 Å². The Morgan fingerprint density at radius 3 is 2.45 bits per heavy atom. The summed E-state index contributed by atoms with van der Waals surface area (Å²) in [6.45, 7) is 3.38. The van der Waals surface area contributed by atoms with Crippen LogP contribution in [0.4, 0.5) is 10.1 Å². The van der Waals surface area contributed by atoms with Gasteiger partial charge in [-0.05, 0) is 44.2 Å². The van der Waals surface area contributed by atoms with Gasteiger partial charge < -0.3 is 5.32 Å². The van der Waals surface area contributed by atoms with E-state index in [4.69, 9.17) is 0 Å². The maximum atomic E-state index is 14.6. The second kappa shape index (κ2) is 8.35. The molecular formula is C23H20FN5O2. The minimum atomic E-state index is -0.523. The van der Waals surface area contributed by atoms with Crippen LogP contribution in [0, 0.1) is 19.7 Å². The highest BCUT2D eigenvalue weighted by Crippen LogP contribution is 2.20. The van der Waals surface area contributed by atoms with Gasteiger partial charge in [-0.2, -0.15) is 10.2 Å². The van der Waals surface area contributed by atoms with Crippen molar-refractivity contribution < 1.29 is 9.18 Å². The molecular weight excluding hydrogens is 397 g/mol. The Bertz CT molecular complexity index is 1310. The van der Waals surface area contributed by atoms with Gasteiger partial charge in [0.2, 0.25) is 5.91 Å². The zero-order valence-electron chi connectivity index (χ0n) is 17.0. The number of aryl methyl sites for hydroxylation is 2. The maximum Gasteiger partial charge on any atom is 0.267 e. The first kappa shape index (κ1) is 20.2. The summed E-state index contributed by atoms with van der Waals surface area (Å²) in [5.41, 5.74) is 3.16. The Morgan fingerprint density at radius 2 is 1.77 bits per heavy atom. The van der Waals surface area contributed by atoms with Gasteiger partial charge in [0.15, 0.2) is 5.82 Å². The lowest BCUT2D eigenvalue weighted by molar-refractivity contribution is -0.117. The normalized spacial score (nSPS) is 10.8. The minimum Gasteiger partial charge on any atom is -0.324 e. The molecule has 4 aromatic rings. The molecule has 1 amide bonds. The van der Waals surface area contributed by atoms with Crippen molar-refractivity contribution in [2.24, 2.45) is 0 Å². The van der Waals surface area contributed by atoms with E-state index < -0.39 is 17.3 Å². The molecule has 0 unspecified atom stereocenters. The lowest BCUT2D eigenvalue weighted by atomic mass is 10.1. The van der Waals surface area contributed by atoms with Crippen LogP contribution in [-0.4, -0.2) is 25.5 Å². The third-order valence-corrected chi connectivity index (χ3v) is 4.70. The molecule has 7 nitrogen and oxygen atoms in total. The van der Waals surface area contributed by atoms with Crippen LogP contribution in [0.3, 0.4) is 0 Å². The summed E-state index contributed by atoms with van der Waals surface area (Å²) in [6, 6.07) is 18.5. The van der Waals surface area contributed by atoms with Crippen molar-refractivity contribution in [2.75, 3.05) is 5.32 Å². The highest BCUT2D eigenvalue weighted by Gasteiger charge is 2.12. The lowest BCUT2D eigenvalue weighted by Gasteiger charge is -2.10. The zero-order chi connectivity index (χ0) is 22.0. The summed E-state index contributed by atoms with van der Waals surface area (Å²) in [7, 11) is 0. The van der Waals surface area contributed by atoms with Crippen molar-refractivity contribution in [3.8, 4) is 16.9 Å². The van der Waals surface area contributed by atoms with E-state index in [2.05, 4.69) is 15.5 Å². The summed E-state index contributed by atoms with van der Waals surface area (Å²) in [4.78, 5) is 24.6. The molecule has 0 bridgehead atoms. The fourth-order valence-corrected chi connectivity index (χ4v) is 3.29. The van der Waals surface area contributed by atoms with Crippen molar-refractivity contribution in [2.45, 2.75) is 20.4 Å². The average Bonchev–Trinajstić information content (AvgIpc) is 3.08. The van der Waals surface area contributed by atoms with Gasteiger partial charge in [0.05, 0.1) is 11.4 Å². The van der Waals surface area contributed by atoms with Crippen LogP contribution >= 0.6 is 0 Å². The smallest absolute Gasteiger partial charge is 0.267 e. The molecule has 1 N–H and O–H groups in total. The molecule has 0 aliphatic rings. The fourth-order valence-electron chi connectivity index (χ4n) is 3.29. The predicted molar refractivity (Wildman–Crippen MR) is 116 cm³/mol. The maximum absolute atomic E-state index is 14.6. The monoisotopic (exact) mass is 417 g/mol. The van der Waals surface area contributed by atoms with Crippen LogP contribution in [-0.2, 0) is 11.3 Å². The first-order chi connectivity index (χ1) is 14.9. The molecule has 4 rings (SSSR count). The van der Waals surface area contributed by atoms with Crippen LogP contribution in [0.1, 0.15) is 11.4 Å². The molecule has 8 heteroatoms. The van der Waals surface area contributed by atoms with Crippen molar-refractivity contribution in [3.05, 3.63) is 94.3 Å². The minimum absolute atomic E-state index is 0.278. The van der Waals surface area contributed by atoms with E-state index in [1.54, 1.807) is 18.2 Å². The highest BCUT2D eigenvalue weighted by atomic mass is 19.1. The summed E-state index contributed by atoms with van der Waals surface area (Å²) in [5.74, 6) is -1.01.